The summed E-state index contributed by atoms with van der Waals surface area (Å²) in [6, 6.07) is 6.02. The lowest BCUT2D eigenvalue weighted by Gasteiger charge is -2.11. The molecule has 9 heteroatoms. The second-order valence-corrected chi connectivity index (χ2v) is 4.95. The van der Waals surface area contributed by atoms with Crippen molar-refractivity contribution in [2.45, 2.75) is 13.1 Å². The monoisotopic (exact) mass is 362 g/mol. The predicted molar refractivity (Wildman–Crippen MR) is 72.1 cm³/mol. The van der Waals surface area contributed by atoms with Gasteiger partial charge in [0.15, 0.2) is 11.4 Å². The third-order valence-corrected chi connectivity index (χ3v) is 3.09. The summed E-state index contributed by atoms with van der Waals surface area (Å²) in [6.07, 6.45) is -4.75. The molecule has 2 aromatic rings. The molecule has 0 aliphatic carbocycles. The number of hydrogen-bond acceptors (Lipinski definition) is 3. The number of benzene rings is 1. The van der Waals surface area contributed by atoms with Gasteiger partial charge in [-0.3, -0.25) is 4.79 Å². The predicted octanol–water partition coefficient (Wildman–Crippen LogP) is 2.80. The molecule has 0 bridgehead atoms. The number of carbonyl (C=O) groups excluding carboxylic acids is 1. The molecule has 0 saturated carbocycles. The Hall–Kier alpha value is -1.90. The lowest BCUT2D eigenvalue weighted by molar-refractivity contribution is -0.143. The van der Waals surface area contributed by atoms with Gasteiger partial charge < -0.3 is 5.32 Å². The van der Waals surface area contributed by atoms with Gasteiger partial charge >= 0.3 is 6.18 Å². The van der Waals surface area contributed by atoms with Crippen LogP contribution in [0.25, 0.3) is 5.69 Å². The second-order valence-electron chi connectivity index (χ2n) is 4.03. The molecular weight excluding hydrogens is 353 g/mol. The van der Waals surface area contributed by atoms with Crippen molar-refractivity contribution in [2.24, 2.45) is 0 Å². The Morgan fingerprint density at radius 1 is 1.33 bits per heavy atom. The van der Waals surface area contributed by atoms with Gasteiger partial charge in [-0.1, -0.05) is 21.1 Å². The van der Waals surface area contributed by atoms with Crippen molar-refractivity contribution in [3.8, 4) is 5.69 Å². The average molecular weight is 363 g/mol. The summed E-state index contributed by atoms with van der Waals surface area (Å²) in [6.45, 7) is 1.80. The summed E-state index contributed by atoms with van der Waals surface area (Å²) < 4.78 is 41.0. The fourth-order valence-corrected chi connectivity index (χ4v) is 1.96. The first-order chi connectivity index (χ1) is 9.84. The molecule has 0 saturated heterocycles. The van der Waals surface area contributed by atoms with Crippen LogP contribution in [0.15, 0.2) is 28.7 Å². The summed E-state index contributed by atoms with van der Waals surface area (Å²) in [5.41, 5.74) is -1.78. The van der Waals surface area contributed by atoms with Crippen LogP contribution in [0.5, 0.6) is 0 Å². The van der Waals surface area contributed by atoms with Crippen molar-refractivity contribution in [1.82, 2.24) is 20.3 Å². The van der Waals surface area contributed by atoms with Crippen LogP contribution >= 0.6 is 15.9 Å². The first-order valence-electron chi connectivity index (χ1n) is 5.91. The molecule has 0 unspecified atom stereocenters. The number of carbonyl (C=O) groups is 1. The Morgan fingerprint density at radius 3 is 2.48 bits per heavy atom. The van der Waals surface area contributed by atoms with Gasteiger partial charge in [-0.25, -0.2) is 4.68 Å². The number of aromatic nitrogens is 3. The molecule has 21 heavy (non-hydrogen) atoms. The normalized spacial score (nSPS) is 11.5. The summed E-state index contributed by atoms with van der Waals surface area (Å²) in [5, 5.41) is 9.11. The van der Waals surface area contributed by atoms with Crippen LogP contribution in [-0.2, 0) is 6.18 Å². The molecule has 1 heterocycles. The molecule has 1 aromatic carbocycles. The van der Waals surface area contributed by atoms with Crippen LogP contribution in [0.3, 0.4) is 0 Å². The van der Waals surface area contributed by atoms with Crippen molar-refractivity contribution < 1.29 is 18.0 Å². The molecule has 0 radical (unpaired) electrons. The first-order valence-corrected chi connectivity index (χ1v) is 6.71. The van der Waals surface area contributed by atoms with E-state index in [0.717, 1.165) is 0 Å². The van der Waals surface area contributed by atoms with E-state index in [-0.39, 0.29) is 12.2 Å². The smallest absolute Gasteiger partial charge is 0.351 e. The van der Waals surface area contributed by atoms with Crippen LogP contribution in [-0.4, -0.2) is 27.4 Å². The minimum Gasteiger partial charge on any atom is -0.351 e. The molecule has 0 aliphatic rings. The number of alkyl halides is 3. The van der Waals surface area contributed by atoms with Crippen molar-refractivity contribution >= 4 is 21.8 Å². The molecule has 1 N–H and O–H groups in total. The maximum absolute atomic E-state index is 13.2. The zero-order valence-corrected chi connectivity index (χ0v) is 12.4. The van der Waals surface area contributed by atoms with Crippen LogP contribution in [0.2, 0.25) is 0 Å². The quantitative estimate of drug-likeness (QED) is 0.913. The molecule has 1 aromatic heterocycles. The fraction of sp³-hybridized carbons (Fsp3) is 0.250. The lowest BCUT2D eigenvalue weighted by Crippen LogP contribution is -2.27. The Morgan fingerprint density at radius 2 is 1.95 bits per heavy atom. The van der Waals surface area contributed by atoms with Crippen LogP contribution < -0.4 is 5.32 Å². The van der Waals surface area contributed by atoms with Gasteiger partial charge in [-0.05, 0) is 31.2 Å². The third-order valence-electron chi connectivity index (χ3n) is 2.56. The highest BCUT2D eigenvalue weighted by Crippen LogP contribution is 2.32. The van der Waals surface area contributed by atoms with Crippen molar-refractivity contribution in [3.63, 3.8) is 0 Å². The van der Waals surface area contributed by atoms with E-state index in [1.165, 1.54) is 12.1 Å². The highest BCUT2D eigenvalue weighted by molar-refractivity contribution is 9.10. The van der Waals surface area contributed by atoms with Gasteiger partial charge in [0.2, 0.25) is 0 Å². The van der Waals surface area contributed by atoms with Crippen molar-refractivity contribution in [1.29, 1.82) is 0 Å². The summed E-state index contributed by atoms with van der Waals surface area (Å²) >= 11 is 3.19. The molecule has 0 atom stereocenters. The van der Waals surface area contributed by atoms with Gasteiger partial charge in [0.25, 0.3) is 5.91 Å². The molecular formula is C12H10BrF3N4O. The van der Waals surface area contributed by atoms with Crippen LogP contribution in [0, 0.1) is 0 Å². The van der Waals surface area contributed by atoms with Crippen LogP contribution in [0.4, 0.5) is 13.2 Å². The number of nitrogens with zero attached hydrogens (tertiary/aromatic N) is 3. The number of amides is 1. The SMILES string of the molecule is CCNC(=O)c1nnn(-c2ccc(Br)cc2)c1C(F)(F)F. The van der Waals surface area contributed by atoms with E-state index >= 15 is 0 Å². The van der Waals surface area contributed by atoms with E-state index in [1.807, 2.05) is 0 Å². The van der Waals surface area contributed by atoms with Crippen LogP contribution in [0.1, 0.15) is 23.1 Å². The third kappa shape index (κ3) is 3.23. The van der Waals surface area contributed by atoms with E-state index in [4.69, 9.17) is 0 Å². The van der Waals surface area contributed by atoms with Gasteiger partial charge in [0.05, 0.1) is 5.69 Å². The topological polar surface area (TPSA) is 59.8 Å². The highest BCUT2D eigenvalue weighted by atomic mass is 79.9. The van der Waals surface area contributed by atoms with Gasteiger partial charge in [-0.2, -0.15) is 13.2 Å². The maximum Gasteiger partial charge on any atom is 0.435 e. The Kier molecular flexibility index (Phi) is 4.31. The molecule has 0 spiro atoms. The minimum atomic E-state index is -4.75. The lowest BCUT2D eigenvalue weighted by atomic mass is 10.2. The van der Waals surface area contributed by atoms with Gasteiger partial charge in [-0.15, -0.1) is 5.10 Å². The van der Waals surface area contributed by atoms with E-state index in [2.05, 4.69) is 31.6 Å². The molecule has 1 amide bonds. The Balaban J connectivity index is 2.57. The molecule has 112 valence electrons. The summed E-state index contributed by atoms with van der Waals surface area (Å²) in [7, 11) is 0. The number of rotatable bonds is 3. The zero-order chi connectivity index (χ0) is 15.6. The van der Waals surface area contributed by atoms with Crippen molar-refractivity contribution in [2.75, 3.05) is 6.54 Å². The number of hydrogen-bond donors (Lipinski definition) is 1. The zero-order valence-electron chi connectivity index (χ0n) is 10.8. The minimum absolute atomic E-state index is 0.161. The summed E-state index contributed by atoms with van der Waals surface area (Å²) in [4.78, 5) is 11.7. The molecule has 0 aliphatic heterocycles. The second kappa shape index (κ2) is 5.84. The number of halogens is 4. The largest absolute Gasteiger partial charge is 0.435 e. The molecule has 0 fully saturated rings. The van der Waals surface area contributed by atoms with Gasteiger partial charge in [0.1, 0.15) is 0 Å². The van der Waals surface area contributed by atoms with E-state index < -0.39 is 23.5 Å². The summed E-state index contributed by atoms with van der Waals surface area (Å²) in [5.74, 6) is -0.909. The van der Waals surface area contributed by atoms with Crippen molar-refractivity contribution in [3.05, 3.63) is 40.1 Å². The standard InChI is InChI=1S/C12H10BrF3N4O/c1-2-17-11(21)9-10(12(14,15)16)20(19-18-9)8-5-3-7(13)4-6-8/h3-6H,2H2,1H3,(H,17,21). The highest BCUT2D eigenvalue weighted by Gasteiger charge is 2.41. The first kappa shape index (κ1) is 15.5. The maximum atomic E-state index is 13.2. The molecule has 2 rings (SSSR count). The van der Waals surface area contributed by atoms with E-state index in [1.54, 1.807) is 19.1 Å². The van der Waals surface area contributed by atoms with E-state index in [0.29, 0.717) is 9.15 Å². The average Bonchev–Trinajstić information content (AvgIpc) is 2.84. The molecule has 5 nitrogen and oxygen atoms in total. The Labute approximate surface area is 126 Å². The fourth-order valence-electron chi connectivity index (χ4n) is 1.70. The van der Waals surface area contributed by atoms with E-state index in [9.17, 15) is 18.0 Å². The Bertz CT molecular complexity index is 652. The number of nitrogens with one attached hydrogen (secondary N) is 1. The van der Waals surface area contributed by atoms with Gasteiger partial charge in [0, 0.05) is 11.0 Å².